The Balaban J connectivity index is 1.47. The van der Waals surface area contributed by atoms with Gasteiger partial charge < -0.3 is 10.2 Å². The largest absolute Gasteiger partial charge is 0.327 e. The van der Waals surface area contributed by atoms with Crippen LogP contribution in [0.2, 0.25) is 0 Å². The summed E-state index contributed by atoms with van der Waals surface area (Å²) in [6.07, 6.45) is 4.54. The van der Waals surface area contributed by atoms with Crippen molar-refractivity contribution in [2.75, 3.05) is 11.9 Å². The molecule has 9 heteroatoms. The molecule has 1 N–H and O–H groups in total. The van der Waals surface area contributed by atoms with E-state index >= 15 is 0 Å². The number of aryl methyl sites for hydroxylation is 1. The zero-order valence-corrected chi connectivity index (χ0v) is 16.9. The van der Waals surface area contributed by atoms with Gasteiger partial charge in [0.25, 0.3) is 11.6 Å². The van der Waals surface area contributed by atoms with E-state index < -0.39 is 11.0 Å². The van der Waals surface area contributed by atoms with Gasteiger partial charge in [-0.3, -0.25) is 19.7 Å². The van der Waals surface area contributed by atoms with Gasteiger partial charge in [-0.1, -0.05) is 18.2 Å². The minimum Gasteiger partial charge on any atom is -0.327 e. The van der Waals surface area contributed by atoms with Crippen molar-refractivity contribution in [3.63, 3.8) is 0 Å². The first-order valence-electron chi connectivity index (χ1n) is 9.91. The molecule has 1 saturated heterocycles. The lowest BCUT2D eigenvalue weighted by Crippen LogP contribution is -2.43. The van der Waals surface area contributed by atoms with E-state index in [1.54, 1.807) is 24.0 Å². The zero-order valence-electron chi connectivity index (χ0n) is 16.9. The highest BCUT2D eigenvalue weighted by Gasteiger charge is 2.35. The number of nitro groups is 1. The molecule has 9 nitrogen and oxygen atoms in total. The lowest BCUT2D eigenvalue weighted by molar-refractivity contribution is -0.385. The average Bonchev–Trinajstić information content (AvgIpc) is 3.43. The molecule has 1 atom stereocenters. The van der Waals surface area contributed by atoms with Crippen molar-refractivity contribution in [3.8, 4) is 5.69 Å². The van der Waals surface area contributed by atoms with E-state index in [-0.39, 0.29) is 17.5 Å². The van der Waals surface area contributed by atoms with E-state index in [0.29, 0.717) is 36.2 Å². The number of aromatic nitrogens is 2. The van der Waals surface area contributed by atoms with Crippen molar-refractivity contribution in [3.05, 3.63) is 82.2 Å². The molecule has 2 heterocycles. The first kappa shape index (κ1) is 20.3. The molecule has 1 aliphatic heterocycles. The minimum atomic E-state index is -0.608. The van der Waals surface area contributed by atoms with E-state index in [1.807, 2.05) is 30.3 Å². The van der Waals surface area contributed by atoms with Crippen molar-refractivity contribution in [1.29, 1.82) is 0 Å². The maximum atomic E-state index is 13.0. The predicted molar refractivity (Wildman–Crippen MR) is 114 cm³/mol. The topological polar surface area (TPSA) is 110 Å². The number of amides is 2. The molecule has 0 radical (unpaired) electrons. The quantitative estimate of drug-likeness (QED) is 0.504. The number of nitro benzene ring substituents is 1. The number of rotatable bonds is 5. The maximum absolute atomic E-state index is 13.0. The number of anilines is 1. The second-order valence-corrected chi connectivity index (χ2v) is 7.41. The average molecular weight is 419 g/mol. The molecule has 1 aliphatic rings. The number of para-hydroxylation sites is 1. The molecule has 2 aromatic carbocycles. The Morgan fingerprint density at radius 2 is 1.97 bits per heavy atom. The van der Waals surface area contributed by atoms with Crippen LogP contribution >= 0.6 is 0 Å². The molecule has 3 aromatic rings. The molecule has 1 unspecified atom stereocenters. The first-order valence-corrected chi connectivity index (χ1v) is 9.91. The van der Waals surface area contributed by atoms with Crippen molar-refractivity contribution < 1.29 is 14.5 Å². The first-order chi connectivity index (χ1) is 14.9. The molecule has 1 aromatic heterocycles. The standard InChI is InChI=1S/C22H21N5O4/c1-15-12-16(9-10-19(15)27(30)31)22(29)25-11-5-8-20(25)21(28)24-17-13-23-26(14-17)18-6-3-2-4-7-18/h2-4,6-7,9-10,12-14,20H,5,8,11H2,1H3,(H,24,28). The Kier molecular flexibility index (Phi) is 5.48. The van der Waals surface area contributed by atoms with E-state index in [0.717, 1.165) is 5.69 Å². The highest BCUT2D eigenvalue weighted by Crippen LogP contribution is 2.25. The van der Waals surface area contributed by atoms with Crippen molar-refractivity contribution in [2.24, 2.45) is 0 Å². The van der Waals surface area contributed by atoms with E-state index in [9.17, 15) is 19.7 Å². The van der Waals surface area contributed by atoms with Crippen LogP contribution in [0.4, 0.5) is 11.4 Å². The Hall–Kier alpha value is -4.01. The molecule has 0 bridgehead atoms. The SMILES string of the molecule is Cc1cc(C(=O)N2CCCC2C(=O)Nc2cnn(-c3ccccc3)c2)ccc1[N+](=O)[O-]. The van der Waals surface area contributed by atoms with Crippen LogP contribution in [0, 0.1) is 17.0 Å². The van der Waals surface area contributed by atoms with E-state index in [2.05, 4.69) is 10.4 Å². The Bertz CT molecular complexity index is 1140. The van der Waals surface area contributed by atoms with Crippen LogP contribution in [0.3, 0.4) is 0 Å². The van der Waals surface area contributed by atoms with Crippen molar-refractivity contribution in [1.82, 2.24) is 14.7 Å². The lowest BCUT2D eigenvalue weighted by Gasteiger charge is -2.24. The molecule has 0 spiro atoms. The summed E-state index contributed by atoms with van der Waals surface area (Å²) in [6.45, 7) is 2.05. The monoisotopic (exact) mass is 419 g/mol. The van der Waals surface area contributed by atoms with Crippen LogP contribution < -0.4 is 5.32 Å². The van der Waals surface area contributed by atoms with Gasteiger partial charge in [-0.2, -0.15) is 5.10 Å². The van der Waals surface area contributed by atoms with Gasteiger partial charge in [0.15, 0.2) is 0 Å². The van der Waals surface area contributed by atoms with Gasteiger partial charge in [-0.25, -0.2) is 4.68 Å². The van der Waals surface area contributed by atoms with Crippen molar-refractivity contribution in [2.45, 2.75) is 25.8 Å². The number of carbonyl (C=O) groups excluding carboxylic acids is 2. The number of hydrogen-bond donors (Lipinski definition) is 1. The van der Waals surface area contributed by atoms with Crippen LogP contribution in [0.15, 0.2) is 60.9 Å². The summed E-state index contributed by atoms with van der Waals surface area (Å²) < 4.78 is 1.66. The molecule has 2 amide bonds. The molecule has 158 valence electrons. The van der Waals surface area contributed by atoms with E-state index in [1.165, 1.54) is 23.1 Å². The summed E-state index contributed by atoms with van der Waals surface area (Å²) in [5.74, 6) is -0.590. The molecule has 0 saturated carbocycles. The van der Waals surface area contributed by atoms with Gasteiger partial charge >= 0.3 is 0 Å². The van der Waals surface area contributed by atoms with Gasteiger partial charge in [0, 0.05) is 23.7 Å². The van der Waals surface area contributed by atoms with Crippen LogP contribution in [-0.4, -0.2) is 44.0 Å². The Morgan fingerprint density at radius 1 is 1.19 bits per heavy atom. The van der Waals surface area contributed by atoms with Gasteiger partial charge in [0.1, 0.15) is 6.04 Å². The number of likely N-dealkylation sites (tertiary alicyclic amines) is 1. The summed E-state index contributed by atoms with van der Waals surface area (Å²) in [7, 11) is 0. The Labute approximate surface area is 178 Å². The second kappa shape index (κ2) is 8.39. The maximum Gasteiger partial charge on any atom is 0.272 e. The fraction of sp³-hybridized carbons (Fsp3) is 0.227. The fourth-order valence-electron chi connectivity index (χ4n) is 3.78. The third-order valence-corrected chi connectivity index (χ3v) is 5.33. The van der Waals surface area contributed by atoms with Gasteiger partial charge in [-0.05, 0) is 44.0 Å². The summed E-state index contributed by atoms with van der Waals surface area (Å²) >= 11 is 0. The lowest BCUT2D eigenvalue weighted by atomic mass is 10.1. The third-order valence-electron chi connectivity index (χ3n) is 5.33. The van der Waals surface area contributed by atoms with Gasteiger partial charge in [0.2, 0.25) is 5.91 Å². The number of carbonyl (C=O) groups is 2. The van der Waals surface area contributed by atoms with Crippen LogP contribution in [0.1, 0.15) is 28.8 Å². The normalized spacial score (nSPS) is 15.6. The summed E-state index contributed by atoms with van der Waals surface area (Å²) in [6, 6.07) is 13.2. The molecular weight excluding hydrogens is 398 g/mol. The zero-order chi connectivity index (χ0) is 22.0. The number of hydrogen-bond acceptors (Lipinski definition) is 5. The number of nitrogens with zero attached hydrogens (tertiary/aromatic N) is 4. The summed E-state index contributed by atoms with van der Waals surface area (Å²) in [5.41, 5.74) is 2.11. The molecule has 31 heavy (non-hydrogen) atoms. The Morgan fingerprint density at radius 3 is 2.68 bits per heavy atom. The van der Waals surface area contributed by atoms with Crippen LogP contribution in [0.25, 0.3) is 5.69 Å². The number of nitrogens with one attached hydrogen (secondary N) is 1. The highest BCUT2D eigenvalue weighted by molar-refractivity contribution is 6.01. The summed E-state index contributed by atoms with van der Waals surface area (Å²) in [4.78, 5) is 37.9. The second-order valence-electron chi connectivity index (χ2n) is 7.41. The third kappa shape index (κ3) is 4.16. The van der Waals surface area contributed by atoms with Crippen molar-refractivity contribution >= 4 is 23.2 Å². The van der Waals surface area contributed by atoms with E-state index in [4.69, 9.17) is 0 Å². The molecule has 0 aliphatic carbocycles. The van der Waals surface area contributed by atoms with Crippen LogP contribution in [-0.2, 0) is 4.79 Å². The predicted octanol–water partition coefficient (Wildman–Crippen LogP) is 3.33. The fourth-order valence-corrected chi connectivity index (χ4v) is 3.78. The molecule has 4 rings (SSSR count). The van der Waals surface area contributed by atoms with Gasteiger partial charge in [0.05, 0.1) is 28.7 Å². The molecule has 1 fully saturated rings. The summed E-state index contributed by atoms with van der Waals surface area (Å²) in [5, 5.41) is 18.1. The highest BCUT2D eigenvalue weighted by atomic mass is 16.6. The number of benzene rings is 2. The molecular formula is C22H21N5O4. The van der Waals surface area contributed by atoms with Crippen LogP contribution in [0.5, 0.6) is 0 Å². The van der Waals surface area contributed by atoms with Gasteiger partial charge in [-0.15, -0.1) is 0 Å². The minimum absolute atomic E-state index is 0.0392. The smallest absolute Gasteiger partial charge is 0.272 e.